The summed E-state index contributed by atoms with van der Waals surface area (Å²) < 4.78 is 20.1. The van der Waals surface area contributed by atoms with Gasteiger partial charge >= 0.3 is 17.9 Å². The standard InChI is InChI=1S/C12H18O8/c1-5-9(18-6(2)13)10(19-7(3)14)11(12(16)17-5)20-8(4)15/h5,9-12,16H,1-4H3/t5?,9-,10?,11+,12-/m1/s1. The third-order valence-electron chi connectivity index (χ3n) is 2.65. The first-order valence-electron chi connectivity index (χ1n) is 6.07. The van der Waals surface area contributed by atoms with Gasteiger partial charge in [-0.1, -0.05) is 0 Å². The molecule has 5 atom stereocenters. The highest BCUT2D eigenvalue weighted by Gasteiger charge is 2.49. The maximum atomic E-state index is 11.2. The van der Waals surface area contributed by atoms with E-state index in [2.05, 4.69) is 0 Å². The molecule has 1 rings (SSSR count). The first-order valence-corrected chi connectivity index (χ1v) is 6.07. The van der Waals surface area contributed by atoms with Crippen LogP contribution in [0.5, 0.6) is 0 Å². The maximum absolute atomic E-state index is 11.2. The largest absolute Gasteiger partial charge is 0.456 e. The van der Waals surface area contributed by atoms with Gasteiger partial charge in [0.1, 0.15) is 0 Å². The summed E-state index contributed by atoms with van der Waals surface area (Å²) in [6.07, 6.45) is -5.60. The summed E-state index contributed by atoms with van der Waals surface area (Å²) in [5, 5.41) is 9.79. The monoisotopic (exact) mass is 290 g/mol. The minimum atomic E-state index is -1.48. The van der Waals surface area contributed by atoms with E-state index in [0.717, 1.165) is 13.8 Å². The van der Waals surface area contributed by atoms with Crippen LogP contribution in [0.2, 0.25) is 0 Å². The molecular weight excluding hydrogens is 272 g/mol. The number of hydrogen-bond acceptors (Lipinski definition) is 8. The zero-order valence-corrected chi connectivity index (χ0v) is 11.7. The van der Waals surface area contributed by atoms with Crippen molar-refractivity contribution in [2.75, 3.05) is 0 Å². The van der Waals surface area contributed by atoms with E-state index >= 15 is 0 Å². The van der Waals surface area contributed by atoms with Crippen LogP contribution in [0.1, 0.15) is 27.7 Å². The summed E-state index contributed by atoms with van der Waals surface area (Å²) in [7, 11) is 0. The molecule has 0 aromatic rings. The van der Waals surface area contributed by atoms with Crippen LogP contribution in [-0.2, 0) is 33.3 Å². The third kappa shape index (κ3) is 4.17. The van der Waals surface area contributed by atoms with Crippen LogP contribution in [-0.4, -0.2) is 53.7 Å². The van der Waals surface area contributed by atoms with Crippen LogP contribution in [0.15, 0.2) is 0 Å². The van der Waals surface area contributed by atoms with Crippen molar-refractivity contribution in [1.82, 2.24) is 0 Å². The van der Waals surface area contributed by atoms with Gasteiger partial charge in [-0.15, -0.1) is 0 Å². The maximum Gasteiger partial charge on any atom is 0.303 e. The quantitative estimate of drug-likeness (QED) is 0.548. The number of rotatable bonds is 3. The van der Waals surface area contributed by atoms with Gasteiger partial charge in [0.05, 0.1) is 6.10 Å². The molecule has 0 saturated carbocycles. The van der Waals surface area contributed by atoms with E-state index in [4.69, 9.17) is 18.9 Å². The molecule has 20 heavy (non-hydrogen) atoms. The molecule has 2 unspecified atom stereocenters. The summed E-state index contributed by atoms with van der Waals surface area (Å²) in [6.45, 7) is 5.01. The fourth-order valence-corrected chi connectivity index (χ4v) is 1.99. The van der Waals surface area contributed by atoms with E-state index in [1.165, 1.54) is 13.8 Å². The molecular formula is C12H18O8. The number of carbonyl (C=O) groups is 3. The number of hydrogen-bond donors (Lipinski definition) is 1. The highest BCUT2D eigenvalue weighted by Crippen LogP contribution is 2.27. The second-order valence-corrected chi connectivity index (χ2v) is 4.45. The zero-order chi connectivity index (χ0) is 15.4. The van der Waals surface area contributed by atoms with E-state index in [0.29, 0.717) is 0 Å². The van der Waals surface area contributed by atoms with Crippen molar-refractivity contribution in [1.29, 1.82) is 0 Å². The molecule has 0 aliphatic carbocycles. The van der Waals surface area contributed by atoms with Crippen molar-refractivity contribution in [2.24, 2.45) is 0 Å². The molecule has 1 N–H and O–H groups in total. The predicted molar refractivity (Wildman–Crippen MR) is 63.2 cm³/mol. The van der Waals surface area contributed by atoms with Crippen molar-refractivity contribution < 1.29 is 38.4 Å². The van der Waals surface area contributed by atoms with Gasteiger partial charge in [0.25, 0.3) is 0 Å². The lowest BCUT2D eigenvalue weighted by atomic mass is 9.99. The smallest absolute Gasteiger partial charge is 0.303 e. The Kier molecular flexibility index (Phi) is 5.46. The Hall–Kier alpha value is -1.67. The first kappa shape index (κ1) is 16.4. The van der Waals surface area contributed by atoms with Crippen LogP contribution in [0.4, 0.5) is 0 Å². The second-order valence-electron chi connectivity index (χ2n) is 4.45. The van der Waals surface area contributed by atoms with Gasteiger partial charge in [-0.3, -0.25) is 14.4 Å². The Morgan fingerprint density at radius 2 is 1.25 bits per heavy atom. The molecule has 0 aromatic heterocycles. The summed E-state index contributed by atoms with van der Waals surface area (Å²) >= 11 is 0. The van der Waals surface area contributed by atoms with E-state index < -0.39 is 48.6 Å². The Morgan fingerprint density at radius 1 is 0.850 bits per heavy atom. The van der Waals surface area contributed by atoms with E-state index in [1.807, 2.05) is 0 Å². The van der Waals surface area contributed by atoms with Gasteiger partial charge in [-0.25, -0.2) is 0 Å². The summed E-state index contributed by atoms with van der Waals surface area (Å²) in [4.78, 5) is 33.3. The molecule has 8 heteroatoms. The highest BCUT2D eigenvalue weighted by atomic mass is 16.7. The van der Waals surface area contributed by atoms with Crippen molar-refractivity contribution in [3.63, 3.8) is 0 Å². The lowest BCUT2D eigenvalue weighted by Crippen LogP contribution is -2.60. The molecule has 1 heterocycles. The highest BCUT2D eigenvalue weighted by molar-refractivity contribution is 5.68. The van der Waals surface area contributed by atoms with Gasteiger partial charge < -0.3 is 24.1 Å². The number of aliphatic hydroxyl groups excluding tert-OH is 1. The van der Waals surface area contributed by atoms with Crippen LogP contribution >= 0.6 is 0 Å². The predicted octanol–water partition coefficient (Wildman–Crippen LogP) is -0.481. The fraction of sp³-hybridized carbons (Fsp3) is 0.750. The Bertz CT molecular complexity index is 365. The molecule has 114 valence electrons. The van der Waals surface area contributed by atoms with Crippen LogP contribution in [0.3, 0.4) is 0 Å². The van der Waals surface area contributed by atoms with Crippen LogP contribution < -0.4 is 0 Å². The Morgan fingerprint density at radius 3 is 1.70 bits per heavy atom. The van der Waals surface area contributed by atoms with E-state index in [-0.39, 0.29) is 0 Å². The minimum absolute atomic E-state index is 0.611. The fourth-order valence-electron chi connectivity index (χ4n) is 1.99. The third-order valence-corrected chi connectivity index (χ3v) is 2.65. The van der Waals surface area contributed by atoms with Crippen molar-refractivity contribution >= 4 is 17.9 Å². The minimum Gasteiger partial charge on any atom is -0.456 e. The number of esters is 3. The van der Waals surface area contributed by atoms with Gasteiger partial charge in [0.15, 0.2) is 24.6 Å². The average Bonchev–Trinajstić information content (AvgIpc) is 2.27. The van der Waals surface area contributed by atoms with Crippen molar-refractivity contribution in [2.45, 2.75) is 58.4 Å². The molecule has 1 saturated heterocycles. The lowest BCUT2D eigenvalue weighted by molar-refractivity contribution is -0.288. The van der Waals surface area contributed by atoms with Crippen molar-refractivity contribution in [3.8, 4) is 0 Å². The number of ether oxygens (including phenoxy) is 4. The summed E-state index contributed by atoms with van der Waals surface area (Å²) in [5.74, 6) is -1.96. The molecule has 8 nitrogen and oxygen atoms in total. The van der Waals surface area contributed by atoms with Crippen LogP contribution in [0.25, 0.3) is 0 Å². The molecule has 0 amide bonds. The van der Waals surface area contributed by atoms with Gasteiger partial charge in [-0.05, 0) is 6.92 Å². The SMILES string of the molecule is CC(=O)OC1[C@H](OC(C)=O)C(C)O[C@@H](O)[C@H]1OC(C)=O. The van der Waals surface area contributed by atoms with Crippen LogP contribution in [0, 0.1) is 0 Å². The van der Waals surface area contributed by atoms with E-state index in [1.54, 1.807) is 0 Å². The van der Waals surface area contributed by atoms with Gasteiger partial charge in [0, 0.05) is 20.8 Å². The zero-order valence-electron chi connectivity index (χ0n) is 11.7. The Balaban J connectivity index is 3.01. The Labute approximate surface area is 115 Å². The van der Waals surface area contributed by atoms with Gasteiger partial charge in [0.2, 0.25) is 0 Å². The summed E-state index contributed by atoms with van der Waals surface area (Å²) in [5.41, 5.74) is 0. The van der Waals surface area contributed by atoms with E-state index in [9.17, 15) is 19.5 Å². The van der Waals surface area contributed by atoms with Gasteiger partial charge in [-0.2, -0.15) is 0 Å². The average molecular weight is 290 g/mol. The van der Waals surface area contributed by atoms with Crippen molar-refractivity contribution in [3.05, 3.63) is 0 Å². The normalized spacial score (nSPS) is 33.1. The first-order chi connectivity index (χ1) is 9.22. The molecule has 0 radical (unpaired) electrons. The number of aliphatic hydroxyl groups is 1. The molecule has 0 bridgehead atoms. The molecule has 0 aromatic carbocycles. The second kappa shape index (κ2) is 6.67. The number of carbonyl (C=O) groups excluding carboxylic acids is 3. The molecule has 1 fully saturated rings. The molecule has 1 aliphatic rings. The summed E-state index contributed by atoms with van der Waals surface area (Å²) in [6, 6.07) is 0. The topological polar surface area (TPSA) is 108 Å². The molecule has 1 aliphatic heterocycles. The lowest BCUT2D eigenvalue weighted by Gasteiger charge is -2.41. The molecule has 0 spiro atoms.